The predicted octanol–water partition coefficient (Wildman–Crippen LogP) is 3.01. The monoisotopic (exact) mass is 391 g/mol. The van der Waals surface area contributed by atoms with E-state index in [1.165, 1.54) is 6.26 Å². The van der Waals surface area contributed by atoms with Crippen LogP contribution in [0.1, 0.15) is 45.7 Å². The Hall–Kier alpha value is -1.89. The number of imidazole rings is 1. The molecule has 0 amide bonds. The van der Waals surface area contributed by atoms with Crippen LogP contribution in [0, 0.1) is 11.3 Å². The van der Waals surface area contributed by atoms with Crippen LogP contribution in [-0.2, 0) is 23.4 Å². The average molecular weight is 392 g/mol. The highest BCUT2D eigenvalue weighted by molar-refractivity contribution is 7.90. The topological polar surface area (TPSA) is 74.0 Å². The number of sulfone groups is 1. The van der Waals surface area contributed by atoms with E-state index in [0.717, 1.165) is 36.0 Å². The van der Waals surface area contributed by atoms with E-state index in [0.29, 0.717) is 12.2 Å². The number of allylic oxidation sites excluding steroid dienone is 2. The van der Waals surface area contributed by atoms with E-state index >= 15 is 0 Å². The first kappa shape index (κ1) is 19.9. The third kappa shape index (κ3) is 4.51. The van der Waals surface area contributed by atoms with E-state index in [1.807, 2.05) is 12.1 Å². The quantitative estimate of drug-likeness (QED) is 0.803. The summed E-state index contributed by atoms with van der Waals surface area (Å²) in [5, 5.41) is 0. The van der Waals surface area contributed by atoms with Gasteiger partial charge in [0.1, 0.15) is 9.84 Å². The first-order valence-corrected chi connectivity index (χ1v) is 11.4. The summed E-state index contributed by atoms with van der Waals surface area (Å²) in [7, 11) is -1.18. The lowest BCUT2D eigenvalue weighted by Gasteiger charge is -2.21. The van der Waals surface area contributed by atoms with Gasteiger partial charge in [-0.2, -0.15) is 0 Å². The van der Waals surface area contributed by atoms with Crippen molar-refractivity contribution in [3.8, 4) is 0 Å². The first-order chi connectivity index (χ1) is 12.4. The average Bonchev–Trinajstić information content (AvgIpc) is 2.77. The van der Waals surface area contributed by atoms with Crippen molar-refractivity contribution in [2.24, 2.45) is 18.4 Å². The number of hydrogen-bond acceptors (Lipinski definition) is 4. The summed E-state index contributed by atoms with van der Waals surface area (Å²) < 4.78 is 26.4. The van der Waals surface area contributed by atoms with Crippen LogP contribution in [0.25, 0.3) is 16.7 Å². The first-order valence-electron chi connectivity index (χ1n) is 9.38. The standard InChI is InChI=1S/C20H29N3O3S/c1-20(2,3)13-23-17-11-10-16(21-18(17)22(4)19(23)24)15-8-6-14(7-9-15)12-27(5,25)26/h8,10-11,14H,6-7,9,12-13H2,1-5H3. The Kier molecular flexibility index (Phi) is 5.10. The van der Waals surface area contributed by atoms with Crippen molar-refractivity contribution in [1.29, 1.82) is 0 Å². The zero-order valence-corrected chi connectivity index (χ0v) is 17.6. The molecule has 1 aliphatic carbocycles. The molecule has 27 heavy (non-hydrogen) atoms. The van der Waals surface area contributed by atoms with Gasteiger partial charge in [-0.05, 0) is 48.3 Å². The molecule has 1 unspecified atom stereocenters. The molecular formula is C20H29N3O3S. The number of aromatic nitrogens is 3. The third-order valence-electron chi connectivity index (χ3n) is 5.00. The summed E-state index contributed by atoms with van der Waals surface area (Å²) in [6, 6.07) is 3.96. The zero-order chi connectivity index (χ0) is 20.0. The molecule has 1 atom stereocenters. The SMILES string of the molecule is Cn1c(=O)n(CC(C)(C)C)c2ccc(C3=CCC(CS(C)(=O)=O)CC3)nc21. The van der Waals surface area contributed by atoms with Gasteiger partial charge in [0.15, 0.2) is 5.65 Å². The zero-order valence-electron chi connectivity index (χ0n) is 16.8. The predicted molar refractivity (Wildman–Crippen MR) is 109 cm³/mol. The minimum absolute atomic E-state index is 0.00267. The van der Waals surface area contributed by atoms with Crippen LogP contribution in [0.3, 0.4) is 0 Å². The van der Waals surface area contributed by atoms with Gasteiger partial charge >= 0.3 is 5.69 Å². The fraction of sp³-hybridized carbons (Fsp3) is 0.600. The van der Waals surface area contributed by atoms with Crippen molar-refractivity contribution in [2.45, 2.75) is 46.6 Å². The fourth-order valence-electron chi connectivity index (χ4n) is 3.78. The Balaban J connectivity index is 1.92. The molecule has 148 valence electrons. The lowest BCUT2D eigenvalue weighted by molar-refractivity contribution is 0.342. The molecule has 0 radical (unpaired) electrons. The van der Waals surface area contributed by atoms with Crippen LogP contribution in [-0.4, -0.2) is 34.5 Å². The molecule has 0 saturated heterocycles. The highest BCUT2D eigenvalue weighted by atomic mass is 32.2. The summed E-state index contributed by atoms with van der Waals surface area (Å²) in [5.74, 6) is 0.428. The molecule has 1 aliphatic rings. The molecule has 2 aromatic rings. The Labute approximate surface area is 160 Å². The van der Waals surface area contributed by atoms with Crippen molar-refractivity contribution >= 4 is 26.6 Å². The van der Waals surface area contributed by atoms with E-state index in [2.05, 4.69) is 26.8 Å². The maximum Gasteiger partial charge on any atom is 0.330 e. The van der Waals surface area contributed by atoms with Crippen LogP contribution < -0.4 is 5.69 Å². The van der Waals surface area contributed by atoms with Crippen LogP contribution in [0.4, 0.5) is 0 Å². The molecule has 0 fully saturated rings. The molecule has 2 aromatic heterocycles. The Morgan fingerprint density at radius 1 is 1.26 bits per heavy atom. The Morgan fingerprint density at radius 3 is 2.52 bits per heavy atom. The highest BCUT2D eigenvalue weighted by Crippen LogP contribution is 2.31. The number of rotatable bonds is 4. The maximum atomic E-state index is 12.6. The number of hydrogen-bond donors (Lipinski definition) is 0. The maximum absolute atomic E-state index is 12.6. The number of fused-ring (bicyclic) bond motifs is 1. The number of aryl methyl sites for hydroxylation is 1. The minimum Gasteiger partial charge on any atom is -0.290 e. The Bertz CT molecular complexity index is 1050. The van der Waals surface area contributed by atoms with Crippen molar-refractivity contribution in [1.82, 2.24) is 14.1 Å². The molecule has 3 rings (SSSR count). The highest BCUT2D eigenvalue weighted by Gasteiger charge is 2.22. The minimum atomic E-state index is -2.94. The smallest absolute Gasteiger partial charge is 0.290 e. The summed E-state index contributed by atoms with van der Waals surface area (Å²) >= 11 is 0. The summed E-state index contributed by atoms with van der Waals surface area (Å²) in [4.78, 5) is 17.4. The molecule has 2 heterocycles. The summed E-state index contributed by atoms with van der Waals surface area (Å²) in [5.41, 5.74) is 3.52. The second-order valence-electron chi connectivity index (χ2n) is 8.99. The van der Waals surface area contributed by atoms with Crippen LogP contribution in [0.15, 0.2) is 23.0 Å². The largest absolute Gasteiger partial charge is 0.330 e. The molecule has 0 aliphatic heterocycles. The molecule has 0 spiro atoms. The van der Waals surface area contributed by atoms with Gasteiger partial charge in [0.25, 0.3) is 0 Å². The fourth-order valence-corrected chi connectivity index (χ4v) is 4.94. The molecule has 7 heteroatoms. The van der Waals surface area contributed by atoms with E-state index in [4.69, 9.17) is 4.98 Å². The number of nitrogens with zero attached hydrogens (tertiary/aromatic N) is 3. The van der Waals surface area contributed by atoms with Crippen LogP contribution in [0.2, 0.25) is 0 Å². The lowest BCUT2D eigenvalue weighted by Crippen LogP contribution is -2.27. The van der Waals surface area contributed by atoms with E-state index < -0.39 is 9.84 Å². The van der Waals surface area contributed by atoms with Gasteiger partial charge in [-0.25, -0.2) is 18.2 Å². The molecule has 0 bridgehead atoms. The molecule has 0 N–H and O–H groups in total. The second-order valence-corrected chi connectivity index (χ2v) is 11.2. The van der Waals surface area contributed by atoms with Gasteiger partial charge in [0.2, 0.25) is 0 Å². The van der Waals surface area contributed by atoms with Crippen LogP contribution in [0.5, 0.6) is 0 Å². The van der Waals surface area contributed by atoms with Gasteiger partial charge in [-0.3, -0.25) is 9.13 Å². The lowest BCUT2D eigenvalue weighted by atomic mass is 9.89. The Morgan fingerprint density at radius 2 is 1.96 bits per heavy atom. The van der Waals surface area contributed by atoms with Crippen molar-refractivity contribution in [3.05, 3.63) is 34.4 Å². The number of pyridine rings is 1. The molecule has 0 aromatic carbocycles. The van der Waals surface area contributed by atoms with Gasteiger partial charge in [0.05, 0.1) is 17.0 Å². The van der Waals surface area contributed by atoms with Gasteiger partial charge in [-0.15, -0.1) is 0 Å². The normalized spacial score (nSPS) is 18.7. The van der Waals surface area contributed by atoms with Crippen LogP contribution >= 0.6 is 0 Å². The van der Waals surface area contributed by atoms with Gasteiger partial charge in [0, 0.05) is 19.8 Å². The molecule has 0 saturated carbocycles. The van der Waals surface area contributed by atoms with E-state index in [1.54, 1.807) is 16.2 Å². The third-order valence-corrected chi connectivity index (χ3v) is 6.08. The van der Waals surface area contributed by atoms with Gasteiger partial charge < -0.3 is 0 Å². The van der Waals surface area contributed by atoms with Gasteiger partial charge in [-0.1, -0.05) is 26.8 Å². The van der Waals surface area contributed by atoms with E-state index in [9.17, 15) is 13.2 Å². The molecule has 6 nitrogen and oxygen atoms in total. The van der Waals surface area contributed by atoms with Crippen molar-refractivity contribution in [3.63, 3.8) is 0 Å². The van der Waals surface area contributed by atoms with Crippen molar-refractivity contribution in [2.75, 3.05) is 12.0 Å². The summed E-state index contributed by atoms with van der Waals surface area (Å²) in [6.45, 7) is 6.97. The van der Waals surface area contributed by atoms with E-state index in [-0.39, 0.29) is 22.8 Å². The second kappa shape index (κ2) is 6.93. The molecular weight excluding hydrogens is 362 g/mol. The van der Waals surface area contributed by atoms with Crippen molar-refractivity contribution < 1.29 is 8.42 Å². The summed E-state index contributed by atoms with van der Waals surface area (Å²) in [6.07, 6.45) is 5.83.